The molecule has 0 radical (unpaired) electrons. The minimum Gasteiger partial charge on any atom is -0.326 e. The predicted molar refractivity (Wildman–Crippen MR) is 95.8 cm³/mol. The molecular formula is C20H21FN2O2. The quantitative estimate of drug-likeness (QED) is 0.858. The number of anilines is 2. The number of carbonyl (C=O) groups is 2. The van der Waals surface area contributed by atoms with Crippen molar-refractivity contribution in [2.24, 2.45) is 11.8 Å². The highest BCUT2D eigenvalue weighted by Crippen LogP contribution is 2.40. The lowest BCUT2D eigenvalue weighted by Gasteiger charge is -2.08. The zero-order valence-corrected chi connectivity index (χ0v) is 14.3. The lowest BCUT2D eigenvalue weighted by atomic mass is 10.0. The highest BCUT2D eigenvalue weighted by Gasteiger charge is 2.48. The van der Waals surface area contributed by atoms with Crippen molar-refractivity contribution in [2.75, 3.05) is 10.6 Å². The summed E-state index contributed by atoms with van der Waals surface area (Å²) in [6.07, 6.45) is 0.531. The molecule has 0 spiro atoms. The van der Waals surface area contributed by atoms with Crippen LogP contribution in [-0.4, -0.2) is 11.8 Å². The van der Waals surface area contributed by atoms with Gasteiger partial charge in [0.05, 0.1) is 11.8 Å². The van der Waals surface area contributed by atoms with E-state index in [2.05, 4.69) is 24.5 Å². The van der Waals surface area contributed by atoms with E-state index in [1.54, 1.807) is 0 Å². The highest BCUT2D eigenvalue weighted by atomic mass is 19.1. The number of hydrogen-bond acceptors (Lipinski definition) is 2. The molecule has 2 atom stereocenters. The van der Waals surface area contributed by atoms with E-state index in [0.717, 1.165) is 5.69 Å². The van der Waals surface area contributed by atoms with E-state index >= 15 is 0 Å². The number of amides is 2. The molecule has 0 heterocycles. The molecule has 0 aliphatic heterocycles. The molecule has 130 valence electrons. The molecule has 0 saturated heterocycles. The second-order valence-electron chi connectivity index (χ2n) is 6.71. The number of carbonyl (C=O) groups excluding carboxylic acids is 2. The fourth-order valence-electron chi connectivity index (χ4n) is 2.73. The molecule has 4 nitrogen and oxygen atoms in total. The van der Waals surface area contributed by atoms with Crippen molar-refractivity contribution < 1.29 is 14.0 Å². The second kappa shape index (κ2) is 7.05. The van der Waals surface area contributed by atoms with Gasteiger partial charge >= 0.3 is 0 Å². The van der Waals surface area contributed by atoms with Crippen LogP contribution in [0, 0.1) is 17.7 Å². The monoisotopic (exact) mass is 340 g/mol. The SMILES string of the molecule is CC(C)c1ccc(NC(=O)C2CC2C(=O)Nc2ccc(F)cc2)cc1. The Labute approximate surface area is 146 Å². The van der Waals surface area contributed by atoms with Crippen molar-refractivity contribution in [3.8, 4) is 0 Å². The fourth-order valence-corrected chi connectivity index (χ4v) is 2.73. The lowest BCUT2D eigenvalue weighted by molar-refractivity contribution is -0.122. The van der Waals surface area contributed by atoms with E-state index in [1.165, 1.54) is 29.8 Å². The van der Waals surface area contributed by atoms with Crippen LogP contribution < -0.4 is 10.6 Å². The Hall–Kier alpha value is -2.69. The molecule has 0 aromatic heterocycles. The molecule has 2 amide bonds. The third-order valence-electron chi connectivity index (χ3n) is 4.42. The van der Waals surface area contributed by atoms with Crippen LogP contribution in [-0.2, 0) is 9.59 Å². The highest BCUT2D eigenvalue weighted by molar-refractivity contribution is 6.03. The van der Waals surface area contributed by atoms with Crippen LogP contribution in [0.15, 0.2) is 48.5 Å². The third-order valence-corrected chi connectivity index (χ3v) is 4.42. The van der Waals surface area contributed by atoms with Crippen molar-refractivity contribution in [1.82, 2.24) is 0 Å². The third kappa shape index (κ3) is 4.24. The van der Waals surface area contributed by atoms with E-state index in [0.29, 0.717) is 18.0 Å². The molecule has 2 unspecified atom stereocenters. The summed E-state index contributed by atoms with van der Waals surface area (Å²) in [5.41, 5.74) is 2.47. The summed E-state index contributed by atoms with van der Waals surface area (Å²) in [7, 11) is 0. The van der Waals surface area contributed by atoms with E-state index in [1.807, 2.05) is 24.3 Å². The zero-order chi connectivity index (χ0) is 18.0. The van der Waals surface area contributed by atoms with Gasteiger partial charge in [0.1, 0.15) is 5.82 Å². The number of rotatable bonds is 5. The molecule has 2 aromatic rings. The first-order valence-electron chi connectivity index (χ1n) is 8.41. The number of hydrogen-bond donors (Lipinski definition) is 2. The van der Waals surface area contributed by atoms with Crippen molar-refractivity contribution >= 4 is 23.2 Å². The van der Waals surface area contributed by atoms with Gasteiger partial charge in [0.25, 0.3) is 0 Å². The van der Waals surface area contributed by atoms with Gasteiger partial charge in [0.15, 0.2) is 0 Å². The van der Waals surface area contributed by atoms with Gasteiger partial charge in [0.2, 0.25) is 11.8 Å². The van der Waals surface area contributed by atoms with Crippen molar-refractivity contribution in [2.45, 2.75) is 26.2 Å². The number of halogens is 1. The maximum atomic E-state index is 12.9. The van der Waals surface area contributed by atoms with Crippen molar-refractivity contribution in [3.63, 3.8) is 0 Å². The first-order chi connectivity index (χ1) is 11.9. The van der Waals surface area contributed by atoms with Gasteiger partial charge in [-0.2, -0.15) is 0 Å². The Morgan fingerprint density at radius 2 is 1.32 bits per heavy atom. The van der Waals surface area contributed by atoms with Crippen LogP contribution in [0.2, 0.25) is 0 Å². The van der Waals surface area contributed by atoms with Crippen LogP contribution in [0.25, 0.3) is 0 Å². The molecule has 25 heavy (non-hydrogen) atoms. The summed E-state index contributed by atoms with van der Waals surface area (Å²) in [6.45, 7) is 4.23. The minimum atomic E-state index is -0.356. The smallest absolute Gasteiger partial charge is 0.228 e. The number of nitrogens with one attached hydrogen (secondary N) is 2. The van der Waals surface area contributed by atoms with Crippen LogP contribution in [0.1, 0.15) is 31.7 Å². The van der Waals surface area contributed by atoms with E-state index in [9.17, 15) is 14.0 Å². The normalized spacial score (nSPS) is 18.7. The molecule has 1 aliphatic carbocycles. The van der Waals surface area contributed by atoms with E-state index < -0.39 is 0 Å². The predicted octanol–water partition coefficient (Wildman–Crippen LogP) is 4.16. The lowest BCUT2D eigenvalue weighted by Crippen LogP contribution is -2.20. The summed E-state index contributed by atoms with van der Waals surface area (Å²) in [4.78, 5) is 24.4. The molecule has 5 heteroatoms. The number of benzene rings is 2. The maximum Gasteiger partial charge on any atom is 0.228 e. The summed E-state index contributed by atoms with van der Waals surface area (Å²) >= 11 is 0. The van der Waals surface area contributed by atoms with Gasteiger partial charge < -0.3 is 10.6 Å². The Balaban J connectivity index is 1.52. The average molecular weight is 340 g/mol. The van der Waals surface area contributed by atoms with Gasteiger partial charge in [-0.3, -0.25) is 9.59 Å². The Morgan fingerprint density at radius 3 is 1.76 bits per heavy atom. The standard InChI is InChI=1S/C20H21FN2O2/c1-12(2)13-3-7-15(8-4-13)22-19(24)17-11-18(17)20(25)23-16-9-5-14(21)6-10-16/h3-10,12,17-18H,11H2,1-2H3,(H,22,24)(H,23,25). The van der Waals surface area contributed by atoms with Crippen molar-refractivity contribution in [3.05, 3.63) is 59.9 Å². The Morgan fingerprint density at radius 1 is 0.880 bits per heavy atom. The molecule has 1 saturated carbocycles. The van der Waals surface area contributed by atoms with Crippen LogP contribution >= 0.6 is 0 Å². The Bertz CT molecular complexity index is 769. The summed E-state index contributed by atoms with van der Waals surface area (Å²) in [5.74, 6) is -0.915. The zero-order valence-electron chi connectivity index (χ0n) is 14.3. The second-order valence-corrected chi connectivity index (χ2v) is 6.71. The first kappa shape index (κ1) is 17.1. The molecule has 2 N–H and O–H groups in total. The van der Waals surface area contributed by atoms with Gasteiger partial charge in [-0.15, -0.1) is 0 Å². The molecule has 3 rings (SSSR count). The molecule has 2 aromatic carbocycles. The summed E-state index contributed by atoms with van der Waals surface area (Å²) in [5, 5.41) is 5.57. The average Bonchev–Trinajstić information content (AvgIpc) is 3.38. The van der Waals surface area contributed by atoms with Crippen LogP contribution in [0.3, 0.4) is 0 Å². The summed E-state index contributed by atoms with van der Waals surface area (Å²) in [6, 6.07) is 13.3. The van der Waals surface area contributed by atoms with Crippen LogP contribution in [0.4, 0.5) is 15.8 Å². The molecule has 1 aliphatic rings. The topological polar surface area (TPSA) is 58.2 Å². The first-order valence-corrected chi connectivity index (χ1v) is 8.41. The molecular weight excluding hydrogens is 319 g/mol. The van der Waals surface area contributed by atoms with Crippen LogP contribution in [0.5, 0.6) is 0 Å². The maximum absolute atomic E-state index is 12.9. The van der Waals surface area contributed by atoms with Gasteiger partial charge in [-0.05, 0) is 54.3 Å². The van der Waals surface area contributed by atoms with E-state index in [-0.39, 0.29) is 29.5 Å². The largest absolute Gasteiger partial charge is 0.326 e. The molecule has 0 bridgehead atoms. The Kier molecular flexibility index (Phi) is 4.83. The van der Waals surface area contributed by atoms with E-state index in [4.69, 9.17) is 0 Å². The van der Waals surface area contributed by atoms with Gasteiger partial charge in [0, 0.05) is 11.4 Å². The van der Waals surface area contributed by atoms with Gasteiger partial charge in [-0.25, -0.2) is 4.39 Å². The van der Waals surface area contributed by atoms with Crippen molar-refractivity contribution in [1.29, 1.82) is 0 Å². The minimum absolute atomic E-state index is 0.142. The fraction of sp³-hybridized carbons (Fsp3) is 0.300. The van der Waals surface area contributed by atoms with Gasteiger partial charge in [-0.1, -0.05) is 26.0 Å². The molecule has 1 fully saturated rings. The summed E-state index contributed by atoms with van der Waals surface area (Å²) < 4.78 is 12.9.